The minimum absolute atomic E-state index is 0.0487. The molecule has 1 aromatic rings. The molecule has 0 spiro atoms. The van der Waals surface area contributed by atoms with Gasteiger partial charge in [0, 0.05) is 26.9 Å². The van der Waals surface area contributed by atoms with Crippen molar-refractivity contribution in [1.82, 2.24) is 9.88 Å². The highest BCUT2D eigenvalue weighted by atomic mass is 16.4. The Hall–Kier alpha value is -1.85. The number of hydrogen-bond acceptors (Lipinski definition) is 4. The molecular weight excluding hydrogens is 212 g/mol. The van der Waals surface area contributed by atoms with Crippen LogP contribution in [0.3, 0.4) is 0 Å². The van der Waals surface area contributed by atoms with E-state index >= 15 is 0 Å². The quantitative estimate of drug-likeness (QED) is 0.807. The third-order valence-corrected chi connectivity index (χ3v) is 2.06. The SMILES string of the molecule is Cc1ncc(C(=O)N(C)CCCC(=O)O)o1. The second-order valence-corrected chi connectivity index (χ2v) is 3.47. The van der Waals surface area contributed by atoms with Gasteiger partial charge in [0.25, 0.3) is 5.91 Å². The van der Waals surface area contributed by atoms with Crippen LogP contribution in [0.5, 0.6) is 0 Å². The number of carbonyl (C=O) groups excluding carboxylic acids is 1. The zero-order valence-corrected chi connectivity index (χ0v) is 9.27. The Bertz CT molecular complexity index is 386. The molecule has 1 heterocycles. The fraction of sp³-hybridized carbons (Fsp3) is 0.500. The van der Waals surface area contributed by atoms with Crippen molar-refractivity contribution in [2.24, 2.45) is 0 Å². The summed E-state index contributed by atoms with van der Waals surface area (Å²) in [6.45, 7) is 2.03. The molecule has 1 amide bonds. The normalized spacial score (nSPS) is 10.1. The molecule has 6 nitrogen and oxygen atoms in total. The Morgan fingerprint density at radius 2 is 2.25 bits per heavy atom. The van der Waals surface area contributed by atoms with E-state index in [1.807, 2.05) is 0 Å². The first-order valence-corrected chi connectivity index (χ1v) is 4.90. The van der Waals surface area contributed by atoms with Crippen molar-refractivity contribution in [3.05, 3.63) is 17.8 Å². The number of carbonyl (C=O) groups is 2. The first kappa shape index (κ1) is 12.2. The van der Waals surface area contributed by atoms with Gasteiger partial charge in [-0.05, 0) is 6.42 Å². The van der Waals surface area contributed by atoms with Crippen LogP contribution < -0.4 is 0 Å². The van der Waals surface area contributed by atoms with Gasteiger partial charge in [-0.3, -0.25) is 9.59 Å². The zero-order valence-electron chi connectivity index (χ0n) is 9.27. The zero-order chi connectivity index (χ0) is 12.1. The average Bonchev–Trinajstić information content (AvgIpc) is 2.63. The number of oxazole rings is 1. The number of aromatic nitrogens is 1. The summed E-state index contributed by atoms with van der Waals surface area (Å²) in [4.78, 5) is 27.2. The fourth-order valence-corrected chi connectivity index (χ4v) is 1.22. The Morgan fingerprint density at radius 3 is 2.75 bits per heavy atom. The van der Waals surface area contributed by atoms with Gasteiger partial charge in [-0.1, -0.05) is 0 Å². The third kappa shape index (κ3) is 3.38. The molecule has 16 heavy (non-hydrogen) atoms. The Kier molecular flexibility index (Phi) is 4.04. The molecule has 0 aliphatic carbocycles. The second kappa shape index (κ2) is 5.29. The van der Waals surface area contributed by atoms with Crippen molar-refractivity contribution in [3.63, 3.8) is 0 Å². The van der Waals surface area contributed by atoms with E-state index < -0.39 is 5.97 Å². The lowest BCUT2D eigenvalue weighted by Crippen LogP contribution is -2.27. The molecule has 0 saturated heterocycles. The van der Waals surface area contributed by atoms with E-state index in [2.05, 4.69) is 4.98 Å². The summed E-state index contributed by atoms with van der Waals surface area (Å²) in [6.07, 6.45) is 1.84. The van der Waals surface area contributed by atoms with Crippen LogP contribution in [0.4, 0.5) is 0 Å². The molecule has 0 aliphatic rings. The smallest absolute Gasteiger partial charge is 0.303 e. The van der Waals surface area contributed by atoms with E-state index in [9.17, 15) is 9.59 Å². The van der Waals surface area contributed by atoms with E-state index in [1.165, 1.54) is 11.1 Å². The lowest BCUT2D eigenvalue weighted by atomic mass is 10.3. The lowest BCUT2D eigenvalue weighted by molar-refractivity contribution is -0.137. The van der Waals surface area contributed by atoms with Crippen molar-refractivity contribution in [2.75, 3.05) is 13.6 Å². The summed E-state index contributed by atoms with van der Waals surface area (Å²) in [7, 11) is 1.60. The van der Waals surface area contributed by atoms with Crippen molar-refractivity contribution in [1.29, 1.82) is 0 Å². The average molecular weight is 226 g/mol. The molecule has 0 saturated carbocycles. The monoisotopic (exact) mass is 226 g/mol. The summed E-state index contributed by atoms with van der Waals surface area (Å²) in [5, 5.41) is 8.45. The number of aryl methyl sites for hydroxylation is 1. The maximum Gasteiger partial charge on any atom is 0.303 e. The molecule has 6 heteroatoms. The van der Waals surface area contributed by atoms with Crippen molar-refractivity contribution < 1.29 is 19.1 Å². The van der Waals surface area contributed by atoms with Crippen LogP contribution in [0.25, 0.3) is 0 Å². The summed E-state index contributed by atoms with van der Waals surface area (Å²) >= 11 is 0. The van der Waals surface area contributed by atoms with Gasteiger partial charge in [0.2, 0.25) is 5.76 Å². The molecule has 1 rings (SSSR count). The van der Waals surface area contributed by atoms with Crippen LogP contribution in [0.2, 0.25) is 0 Å². The minimum Gasteiger partial charge on any atom is -0.481 e. The number of carboxylic acid groups (broad SMARTS) is 1. The largest absolute Gasteiger partial charge is 0.481 e. The highest BCUT2D eigenvalue weighted by molar-refractivity contribution is 5.90. The Balaban J connectivity index is 2.45. The minimum atomic E-state index is -0.864. The van der Waals surface area contributed by atoms with E-state index in [4.69, 9.17) is 9.52 Å². The summed E-state index contributed by atoms with van der Waals surface area (Å²) in [5.74, 6) is -0.542. The molecule has 1 aromatic heterocycles. The topological polar surface area (TPSA) is 83.6 Å². The van der Waals surface area contributed by atoms with E-state index in [1.54, 1.807) is 14.0 Å². The Morgan fingerprint density at radius 1 is 1.56 bits per heavy atom. The van der Waals surface area contributed by atoms with E-state index in [0.29, 0.717) is 18.9 Å². The van der Waals surface area contributed by atoms with Gasteiger partial charge >= 0.3 is 5.97 Å². The van der Waals surface area contributed by atoms with Gasteiger partial charge < -0.3 is 14.4 Å². The van der Waals surface area contributed by atoms with Gasteiger partial charge in [-0.2, -0.15) is 0 Å². The Labute approximate surface area is 92.9 Å². The van der Waals surface area contributed by atoms with Crippen LogP contribution in [-0.2, 0) is 4.79 Å². The van der Waals surface area contributed by atoms with Gasteiger partial charge in [-0.15, -0.1) is 0 Å². The fourth-order valence-electron chi connectivity index (χ4n) is 1.22. The third-order valence-electron chi connectivity index (χ3n) is 2.06. The number of carboxylic acids is 1. The van der Waals surface area contributed by atoms with Crippen LogP contribution >= 0.6 is 0 Å². The molecule has 88 valence electrons. The van der Waals surface area contributed by atoms with Crippen molar-refractivity contribution in [3.8, 4) is 0 Å². The first-order chi connectivity index (χ1) is 7.50. The second-order valence-electron chi connectivity index (χ2n) is 3.47. The molecule has 0 aliphatic heterocycles. The summed E-state index contributed by atoms with van der Waals surface area (Å²) in [5.41, 5.74) is 0. The van der Waals surface area contributed by atoms with Crippen LogP contribution in [0.1, 0.15) is 29.3 Å². The van der Waals surface area contributed by atoms with Crippen molar-refractivity contribution >= 4 is 11.9 Å². The van der Waals surface area contributed by atoms with E-state index in [0.717, 1.165) is 0 Å². The molecule has 1 N–H and O–H groups in total. The van der Waals surface area contributed by atoms with Crippen LogP contribution in [0, 0.1) is 6.92 Å². The number of amides is 1. The van der Waals surface area contributed by atoms with Gasteiger partial charge in [0.1, 0.15) is 0 Å². The molecular formula is C10H14N2O4. The summed E-state index contributed by atoms with van der Waals surface area (Å²) < 4.78 is 5.08. The molecule has 0 atom stereocenters. The van der Waals surface area contributed by atoms with Gasteiger partial charge in [-0.25, -0.2) is 4.98 Å². The summed E-state index contributed by atoms with van der Waals surface area (Å²) in [6, 6.07) is 0. The predicted octanol–water partition coefficient (Wildman–Crippen LogP) is 0.920. The standard InChI is InChI=1S/C10H14N2O4/c1-7-11-6-8(16-7)10(15)12(2)5-3-4-9(13)14/h6H,3-5H2,1-2H3,(H,13,14). The highest BCUT2D eigenvalue weighted by Gasteiger charge is 2.15. The number of aliphatic carboxylic acids is 1. The molecule has 0 aromatic carbocycles. The number of nitrogens with zero attached hydrogens (tertiary/aromatic N) is 2. The lowest BCUT2D eigenvalue weighted by Gasteiger charge is -2.14. The van der Waals surface area contributed by atoms with Crippen LogP contribution in [-0.4, -0.2) is 40.5 Å². The van der Waals surface area contributed by atoms with Crippen LogP contribution in [0.15, 0.2) is 10.6 Å². The van der Waals surface area contributed by atoms with E-state index in [-0.39, 0.29) is 18.1 Å². The molecule has 0 fully saturated rings. The van der Waals surface area contributed by atoms with Crippen molar-refractivity contribution in [2.45, 2.75) is 19.8 Å². The number of rotatable bonds is 5. The number of hydrogen-bond donors (Lipinski definition) is 1. The molecule has 0 bridgehead atoms. The highest BCUT2D eigenvalue weighted by Crippen LogP contribution is 2.06. The molecule has 0 unspecified atom stereocenters. The molecule has 0 radical (unpaired) electrons. The maximum absolute atomic E-state index is 11.7. The maximum atomic E-state index is 11.7. The first-order valence-electron chi connectivity index (χ1n) is 4.90. The van der Waals surface area contributed by atoms with Gasteiger partial charge in [0.05, 0.1) is 6.20 Å². The predicted molar refractivity (Wildman–Crippen MR) is 55.1 cm³/mol. The van der Waals surface area contributed by atoms with Gasteiger partial charge in [0.15, 0.2) is 5.89 Å².